The van der Waals surface area contributed by atoms with E-state index < -0.39 is 0 Å². The van der Waals surface area contributed by atoms with Crippen molar-refractivity contribution in [2.45, 2.75) is 13.2 Å². The van der Waals surface area contributed by atoms with Crippen LogP contribution in [-0.4, -0.2) is 0 Å². The summed E-state index contributed by atoms with van der Waals surface area (Å²) >= 11 is 6.88. The summed E-state index contributed by atoms with van der Waals surface area (Å²) in [5.41, 5.74) is 7.82. The molecular weight excluding hydrogens is 358 g/mol. The first-order chi connectivity index (χ1) is 8.69. The maximum Gasteiger partial charge on any atom is 0.125 e. The minimum Gasteiger partial charge on any atom is -0.489 e. The number of ether oxygens (including phenoxy) is 1. The Labute approximate surface area is 123 Å². The summed E-state index contributed by atoms with van der Waals surface area (Å²) in [6, 6.07) is 13.9. The van der Waals surface area contributed by atoms with E-state index in [2.05, 4.69) is 31.9 Å². The van der Waals surface area contributed by atoms with E-state index in [0.717, 1.165) is 25.8 Å². The smallest absolute Gasteiger partial charge is 0.125 e. The van der Waals surface area contributed by atoms with Crippen LogP contribution in [0, 0.1) is 0 Å². The molecule has 0 aromatic heterocycles. The van der Waals surface area contributed by atoms with Gasteiger partial charge in [0.2, 0.25) is 0 Å². The number of benzene rings is 2. The van der Waals surface area contributed by atoms with E-state index in [0.29, 0.717) is 13.2 Å². The number of rotatable bonds is 4. The molecule has 94 valence electrons. The molecule has 2 aromatic carbocycles. The molecule has 2 N–H and O–H groups in total. The summed E-state index contributed by atoms with van der Waals surface area (Å²) in [6.07, 6.45) is 0. The average Bonchev–Trinajstić information content (AvgIpc) is 2.37. The van der Waals surface area contributed by atoms with Crippen LogP contribution in [0.2, 0.25) is 0 Å². The van der Waals surface area contributed by atoms with Crippen molar-refractivity contribution in [2.24, 2.45) is 5.73 Å². The zero-order valence-corrected chi connectivity index (χ0v) is 12.9. The summed E-state index contributed by atoms with van der Waals surface area (Å²) in [5, 5.41) is 0. The van der Waals surface area contributed by atoms with E-state index in [-0.39, 0.29) is 0 Å². The van der Waals surface area contributed by atoms with Gasteiger partial charge in [-0.3, -0.25) is 0 Å². The molecular formula is C14H13Br2NO. The molecule has 0 aliphatic rings. The molecule has 0 bridgehead atoms. The van der Waals surface area contributed by atoms with Gasteiger partial charge in [-0.2, -0.15) is 0 Å². The zero-order valence-electron chi connectivity index (χ0n) is 9.70. The number of halogens is 2. The van der Waals surface area contributed by atoms with Crippen LogP contribution < -0.4 is 10.5 Å². The Hall–Kier alpha value is -0.840. The molecule has 0 radical (unpaired) electrons. The fourth-order valence-electron chi connectivity index (χ4n) is 1.62. The molecule has 4 heteroatoms. The molecule has 0 unspecified atom stereocenters. The van der Waals surface area contributed by atoms with Gasteiger partial charge in [-0.15, -0.1) is 0 Å². The average molecular weight is 371 g/mol. The topological polar surface area (TPSA) is 35.2 Å². The summed E-state index contributed by atoms with van der Waals surface area (Å²) in [5.74, 6) is 0.826. The summed E-state index contributed by atoms with van der Waals surface area (Å²) < 4.78 is 7.86. The molecule has 0 aliphatic carbocycles. The van der Waals surface area contributed by atoms with Crippen LogP contribution in [0.15, 0.2) is 51.4 Å². The van der Waals surface area contributed by atoms with Crippen LogP contribution in [0.5, 0.6) is 5.75 Å². The highest BCUT2D eigenvalue weighted by molar-refractivity contribution is 9.10. The highest BCUT2D eigenvalue weighted by atomic mass is 79.9. The van der Waals surface area contributed by atoms with Crippen molar-refractivity contribution in [1.82, 2.24) is 0 Å². The SMILES string of the molecule is NCc1ccc(Br)cc1OCc1cccc(Br)c1. The Balaban J connectivity index is 2.12. The monoisotopic (exact) mass is 369 g/mol. The fraction of sp³-hybridized carbons (Fsp3) is 0.143. The van der Waals surface area contributed by atoms with Crippen LogP contribution in [0.25, 0.3) is 0 Å². The highest BCUT2D eigenvalue weighted by Gasteiger charge is 2.04. The number of hydrogen-bond donors (Lipinski definition) is 1. The first-order valence-electron chi connectivity index (χ1n) is 5.55. The lowest BCUT2D eigenvalue weighted by Gasteiger charge is -2.11. The number of hydrogen-bond acceptors (Lipinski definition) is 2. The molecule has 0 fully saturated rings. The van der Waals surface area contributed by atoms with Gasteiger partial charge in [0, 0.05) is 21.1 Å². The molecule has 0 aliphatic heterocycles. The lowest BCUT2D eigenvalue weighted by Crippen LogP contribution is -2.02. The van der Waals surface area contributed by atoms with Gasteiger partial charge in [-0.05, 0) is 29.8 Å². The Morgan fingerprint density at radius 1 is 1.00 bits per heavy atom. The molecule has 0 atom stereocenters. The maximum absolute atomic E-state index is 5.82. The van der Waals surface area contributed by atoms with E-state index >= 15 is 0 Å². The first-order valence-corrected chi connectivity index (χ1v) is 7.13. The Morgan fingerprint density at radius 3 is 2.50 bits per heavy atom. The third kappa shape index (κ3) is 3.57. The molecule has 0 saturated heterocycles. The van der Waals surface area contributed by atoms with Crippen molar-refractivity contribution < 1.29 is 4.74 Å². The zero-order chi connectivity index (χ0) is 13.0. The Kier molecular flexibility index (Phi) is 4.80. The van der Waals surface area contributed by atoms with Crippen LogP contribution in [-0.2, 0) is 13.2 Å². The molecule has 0 saturated carbocycles. The second-order valence-corrected chi connectivity index (χ2v) is 5.71. The van der Waals surface area contributed by atoms with Crippen molar-refractivity contribution in [1.29, 1.82) is 0 Å². The van der Waals surface area contributed by atoms with Gasteiger partial charge < -0.3 is 10.5 Å². The normalized spacial score (nSPS) is 10.4. The standard InChI is InChI=1S/C14H13Br2NO/c15-12-3-1-2-10(6-12)9-18-14-7-13(16)5-4-11(14)8-17/h1-7H,8-9,17H2. The van der Waals surface area contributed by atoms with Gasteiger partial charge in [0.25, 0.3) is 0 Å². The maximum atomic E-state index is 5.82. The van der Waals surface area contributed by atoms with Crippen molar-refractivity contribution in [3.8, 4) is 5.75 Å². The second-order valence-electron chi connectivity index (χ2n) is 3.87. The Bertz CT molecular complexity index is 543. The largest absolute Gasteiger partial charge is 0.489 e. The summed E-state index contributed by atoms with van der Waals surface area (Å²) in [7, 11) is 0. The van der Waals surface area contributed by atoms with E-state index in [9.17, 15) is 0 Å². The predicted molar refractivity (Wildman–Crippen MR) is 80.5 cm³/mol. The Morgan fingerprint density at radius 2 is 1.78 bits per heavy atom. The molecule has 0 spiro atoms. The lowest BCUT2D eigenvalue weighted by molar-refractivity contribution is 0.303. The van der Waals surface area contributed by atoms with E-state index in [1.807, 2.05) is 42.5 Å². The second kappa shape index (κ2) is 6.36. The van der Waals surface area contributed by atoms with Gasteiger partial charge in [0.15, 0.2) is 0 Å². The third-order valence-electron chi connectivity index (χ3n) is 2.53. The van der Waals surface area contributed by atoms with Crippen molar-refractivity contribution in [2.75, 3.05) is 0 Å². The minimum absolute atomic E-state index is 0.473. The summed E-state index contributed by atoms with van der Waals surface area (Å²) in [6.45, 7) is 1.00. The highest BCUT2D eigenvalue weighted by Crippen LogP contribution is 2.24. The molecule has 2 rings (SSSR count). The molecule has 0 amide bonds. The van der Waals surface area contributed by atoms with Gasteiger partial charge in [0.05, 0.1) is 0 Å². The third-order valence-corrected chi connectivity index (χ3v) is 3.52. The van der Waals surface area contributed by atoms with Crippen LogP contribution in [0.3, 0.4) is 0 Å². The van der Waals surface area contributed by atoms with Crippen LogP contribution >= 0.6 is 31.9 Å². The predicted octanol–water partition coefficient (Wildman–Crippen LogP) is 4.25. The molecule has 18 heavy (non-hydrogen) atoms. The fourth-order valence-corrected chi connectivity index (χ4v) is 2.41. The molecule has 0 heterocycles. The first kappa shape index (κ1) is 13.6. The summed E-state index contributed by atoms with van der Waals surface area (Å²) in [4.78, 5) is 0. The van der Waals surface area contributed by atoms with Crippen molar-refractivity contribution >= 4 is 31.9 Å². The quantitative estimate of drug-likeness (QED) is 0.873. The molecule has 2 aromatic rings. The van der Waals surface area contributed by atoms with Gasteiger partial charge in [-0.25, -0.2) is 0 Å². The van der Waals surface area contributed by atoms with Gasteiger partial charge in [-0.1, -0.05) is 50.1 Å². The lowest BCUT2D eigenvalue weighted by atomic mass is 10.2. The van der Waals surface area contributed by atoms with E-state index in [4.69, 9.17) is 10.5 Å². The van der Waals surface area contributed by atoms with Gasteiger partial charge in [0.1, 0.15) is 12.4 Å². The van der Waals surface area contributed by atoms with E-state index in [1.165, 1.54) is 0 Å². The molecule has 2 nitrogen and oxygen atoms in total. The van der Waals surface area contributed by atoms with Crippen molar-refractivity contribution in [3.05, 3.63) is 62.5 Å². The van der Waals surface area contributed by atoms with Gasteiger partial charge >= 0.3 is 0 Å². The van der Waals surface area contributed by atoms with Crippen LogP contribution in [0.4, 0.5) is 0 Å². The van der Waals surface area contributed by atoms with E-state index in [1.54, 1.807) is 0 Å². The van der Waals surface area contributed by atoms with Crippen molar-refractivity contribution in [3.63, 3.8) is 0 Å². The number of nitrogens with two attached hydrogens (primary N) is 1. The minimum atomic E-state index is 0.473. The van der Waals surface area contributed by atoms with Crippen LogP contribution in [0.1, 0.15) is 11.1 Å².